The Balaban J connectivity index is 2.37. The number of carbonyl (C=O) groups is 1. The SMILES string of the molecule is Cc1ccc(C(C)NCCNC(=O)C(C)C)cc1C. The van der Waals surface area contributed by atoms with Crippen LogP contribution in [0.15, 0.2) is 18.2 Å². The fraction of sp³-hybridized carbons (Fsp3) is 0.562. The molecule has 3 nitrogen and oxygen atoms in total. The molecule has 0 radical (unpaired) electrons. The Morgan fingerprint density at radius 1 is 1.11 bits per heavy atom. The minimum Gasteiger partial charge on any atom is -0.355 e. The van der Waals surface area contributed by atoms with Gasteiger partial charge < -0.3 is 10.6 Å². The zero-order valence-electron chi connectivity index (χ0n) is 12.7. The van der Waals surface area contributed by atoms with Crippen molar-refractivity contribution in [2.45, 2.75) is 40.7 Å². The van der Waals surface area contributed by atoms with Crippen molar-refractivity contribution < 1.29 is 4.79 Å². The van der Waals surface area contributed by atoms with Crippen molar-refractivity contribution >= 4 is 5.91 Å². The van der Waals surface area contributed by atoms with Crippen LogP contribution < -0.4 is 10.6 Å². The van der Waals surface area contributed by atoms with Gasteiger partial charge in [0.2, 0.25) is 5.91 Å². The van der Waals surface area contributed by atoms with Crippen molar-refractivity contribution in [3.05, 3.63) is 34.9 Å². The van der Waals surface area contributed by atoms with E-state index in [1.54, 1.807) is 0 Å². The second-order valence-corrected chi connectivity index (χ2v) is 5.47. The summed E-state index contributed by atoms with van der Waals surface area (Å²) in [6.07, 6.45) is 0. The average Bonchev–Trinajstić information content (AvgIpc) is 2.37. The first-order valence-corrected chi connectivity index (χ1v) is 7.00. The molecule has 0 heterocycles. The maximum absolute atomic E-state index is 11.4. The number of hydrogen-bond donors (Lipinski definition) is 2. The highest BCUT2D eigenvalue weighted by molar-refractivity contribution is 5.77. The topological polar surface area (TPSA) is 41.1 Å². The van der Waals surface area contributed by atoms with Crippen LogP contribution in [-0.2, 0) is 4.79 Å². The lowest BCUT2D eigenvalue weighted by Crippen LogP contribution is -2.35. The van der Waals surface area contributed by atoms with Crippen LogP contribution in [0.3, 0.4) is 0 Å². The maximum Gasteiger partial charge on any atom is 0.222 e. The summed E-state index contributed by atoms with van der Waals surface area (Å²) < 4.78 is 0. The predicted molar refractivity (Wildman–Crippen MR) is 80.2 cm³/mol. The summed E-state index contributed by atoms with van der Waals surface area (Å²) in [5.41, 5.74) is 3.93. The van der Waals surface area contributed by atoms with Crippen LogP contribution in [0.5, 0.6) is 0 Å². The lowest BCUT2D eigenvalue weighted by atomic mass is 10.0. The molecule has 3 heteroatoms. The highest BCUT2D eigenvalue weighted by Crippen LogP contribution is 2.16. The minimum absolute atomic E-state index is 0.0529. The molecule has 1 aromatic rings. The van der Waals surface area contributed by atoms with Crippen molar-refractivity contribution in [3.8, 4) is 0 Å². The summed E-state index contributed by atoms with van der Waals surface area (Å²) in [7, 11) is 0. The standard InChI is InChI=1S/C16H26N2O/c1-11(2)16(19)18-9-8-17-14(5)15-7-6-12(3)13(4)10-15/h6-7,10-11,14,17H,8-9H2,1-5H3,(H,18,19). The van der Waals surface area contributed by atoms with Crippen LogP contribution in [0.25, 0.3) is 0 Å². The zero-order valence-corrected chi connectivity index (χ0v) is 12.7. The molecule has 0 spiro atoms. The number of carbonyl (C=O) groups excluding carboxylic acids is 1. The molecule has 0 aromatic heterocycles. The molecule has 2 N–H and O–H groups in total. The summed E-state index contributed by atoms with van der Waals surface area (Å²) in [6.45, 7) is 11.7. The summed E-state index contributed by atoms with van der Waals surface area (Å²) >= 11 is 0. The number of nitrogens with one attached hydrogen (secondary N) is 2. The third-order valence-corrected chi connectivity index (χ3v) is 3.43. The van der Waals surface area contributed by atoms with Crippen LogP contribution in [0.4, 0.5) is 0 Å². The molecule has 1 atom stereocenters. The molecule has 1 amide bonds. The lowest BCUT2D eigenvalue weighted by Gasteiger charge is -2.16. The largest absolute Gasteiger partial charge is 0.355 e. The van der Waals surface area contributed by atoms with Crippen molar-refractivity contribution in [1.29, 1.82) is 0 Å². The Labute approximate surface area is 116 Å². The van der Waals surface area contributed by atoms with Crippen LogP contribution in [-0.4, -0.2) is 19.0 Å². The molecular formula is C16H26N2O. The molecule has 106 valence electrons. The van der Waals surface area contributed by atoms with Gasteiger partial charge in [-0.3, -0.25) is 4.79 Å². The molecule has 0 bridgehead atoms. The fourth-order valence-corrected chi connectivity index (χ4v) is 1.83. The van der Waals surface area contributed by atoms with Gasteiger partial charge in [0.1, 0.15) is 0 Å². The van der Waals surface area contributed by atoms with Crippen LogP contribution in [0.2, 0.25) is 0 Å². The van der Waals surface area contributed by atoms with Crippen LogP contribution in [0.1, 0.15) is 43.5 Å². The van der Waals surface area contributed by atoms with Gasteiger partial charge in [0.15, 0.2) is 0 Å². The van der Waals surface area contributed by atoms with Crippen molar-refractivity contribution in [1.82, 2.24) is 10.6 Å². The van der Waals surface area contributed by atoms with Crippen molar-refractivity contribution in [2.24, 2.45) is 5.92 Å². The Kier molecular flexibility index (Phi) is 6.03. The van der Waals surface area contributed by atoms with Gasteiger partial charge in [-0.05, 0) is 37.5 Å². The fourth-order valence-electron chi connectivity index (χ4n) is 1.83. The summed E-state index contributed by atoms with van der Waals surface area (Å²) in [4.78, 5) is 11.4. The number of rotatable bonds is 6. The molecular weight excluding hydrogens is 236 g/mol. The molecule has 0 saturated carbocycles. The Morgan fingerprint density at radius 3 is 2.37 bits per heavy atom. The molecule has 0 fully saturated rings. The van der Waals surface area contributed by atoms with E-state index in [4.69, 9.17) is 0 Å². The van der Waals surface area contributed by atoms with Gasteiger partial charge >= 0.3 is 0 Å². The van der Waals surface area contributed by atoms with Gasteiger partial charge in [0.05, 0.1) is 0 Å². The molecule has 19 heavy (non-hydrogen) atoms. The summed E-state index contributed by atoms with van der Waals surface area (Å²) in [5, 5.41) is 6.33. The molecule has 0 saturated heterocycles. The molecule has 1 unspecified atom stereocenters. The van der Waals surface area contributed by atoms with Gasteiger partial charge in [-0.25, -0.2) is 0 Å². The van der Waals surface area contributed by atoms with Gasteiger partial charge in [-0.2, -0.15) is 0 Å². The van der Waals surface area contributed by atoms with Gasteiger partial charge in [-0.1, -0.05) is 32.0 Å². The Bertz CT molecular complexity index is 427. The minimum atomic E-state index is 0.0529. The predicted octanol–water partition coefficient (Wildman–Crippen LogP) is 2.73. The first-order chi connectivity index (χ1) is 8.91. The third-order valence-electron chi connectivity index (χ3n) is 3.43. The van der Waals surface area contributed by atoms with Gasteiger partial charge in [0.25, 0.3) is 0 Å². The summed E-state index contributed by atoms with van der Waals surface area (Å²) in [6, 6.07) is 6.84. The highest BCUT2D eigenvalue weighted by atomic mass is 16.1. The molecule has 1 rings (SSSR count). The lowest BCUT2D eigenvalue weighted by molar-refractivity contribution is -0.123. The van der Waals surface area contributed by atoms with E-state index in [-0.39, 0.29) is 11.8 Å². The van der Waals surface area contributed by atoms with Gasteiger partial charge in [-0.15, -0.1) is 0 Å². The van der Waals surface area contributed by atoms with Crippen LogP contribution >= 0.6 is 0 Å². The summed E-state index contributed by atoms with van der Waals surface area (Å²) in [5.74, 6) is 0.165. The van der Waals surface area contributed by atoms with Crippen molar-refractivity contribution in [3.63, 3.8) is 0 Å². The molecule has 0 aliphatic rings. The number of aryl methyl sites for hydroxylation is 2. The number of amides is 1. The Hall–Kier alpha value is -1.35. The van der Waals surface area contributed by atoms with Gasteiger partial charge in [0, 0.05) is 25.0 Å². The second kappa shape index (κ2) is 7.29. The monoisotopic (exact) mass is 262 g/mol. The zero-order chi connectivity index (χ0) is 14.4. The quantitative estimate of drug-likeness (QED) is 0.774. The maximum atomic E-state index is 11.4. The van der Waals surface area contributed by atoms with E-state index in [1.807, 2.05) is 13.8 Å². The van der Waals surface area contributed by atoms with E-state index < -0.39 is 0 Å². The average molecular weight is 262 g/mol. The Morgan fingerprint density at radius 2 is 1.79 bits per heavy atom. The van der Waals surface area contributed by atoms with E-state index in [0.29, 0.717) is 12.6 Å². The second-order valence-electron chi connectivity index (χ2n) is 5.47. The number of benzene rings is 1. The first kappa shape index (κ1) is 15.7. The first-order valence-electron chi connectivity index (χ1n) is 7.00. The van der Waals surface area contributed by atoms with E-state index in [0.717, 1.165) is 6.54 Å². The molecule has 0 aliphatic heterocycles. The van der Waals surface area contributed by atoms with E-state index >= 15 is 0 Å². The smallest absolute Gasteiger partial charge is 0.222 e. The normalized spacial score (nSPS) is 12.5. The molecule has 0 aliphatic carbocycles. The van der Waals surface area contributed by atoms with E-state index in [2.05, 4.69) is 49.6 Å². The number of hydrogen-bond acceptors (Lipinski definition) is 2. The molecule has 1 aromatic carbocycles. The third kappa shape index (κ3) is 5.03. The highest BCUT2D eigenvalue weighted by Gasteiger charge is 2.07. The van der Waals surface area contributed by atoms with Crippen molar-refractivity contribution in [2.75, 3.05) is 13.1 Å². The van der Waals surface area contributed by atoms with Crippen LogP contribution in [0, 0.1) is 19.8 Å². The van der Waals surface area contributed by atoms with E-state index in [9.17, 15) is 4.79 Å². The van der Waals surface area contributed by atoms with E-state index in [1.165, 1.54) is 16.7 Å².